The number of halogens is 5. The van der Waals surface area contributed by atoms with E-state index in [1.54, 1.807) is 0 Å². The molecular weight excluding hydrogens is 298 g/mol. The van der Waals surface area contributed by atoms with Gasteiger partial charge in [-0.2, -0.15) is 18.7 Å². The molecular formula is C7H6BrF4N3O. The zero-order chi connectivity index (χ0) is 12.3. The van der Waals surface area contributed by atoms with Gasteiger partial charge in [0.05, 0.1) is 0 Å². The molecule has 0 amide bonds. The van der Waals surface area contributed by atoms with Gasteiger partial charge in [-0.1, -0.05) is 0 Å². The molecule has 1 aromatic rings. The molecule has 0 atom stereocenters. The summed E-state index contributed by atoms with van der Waals surface area (Å²) >= 11 is 2.92. The van der Waals surface area contributed by atoms with Crippen LogP contribution in [0.15, 0.2) is 10.7 Å². The summed E-state index contributed by atoms with van der Waals surface area (Å²) in [5.41, 5.74) is 5.26. The Bertz CT molecular complexity index is 356. The molecule has 2 N–H and O–H groups in total. The second-order valence-corrected chi connectivity index (χ2v) is 3.56. The number of nitrogen functional groups attached to an aromatic ring is 1. The molecule has 0 fully saturated rings. The summed E-state index contributed by atoms with van der Waals surface area (Å²) in [7, 11) is 0. The molecule has 0 aliphatic rings. The van der Waals surface area contributed by atoms with Crippen molar-refractivity contribution in [2.75, 3.05) is 12.3 Å². The standard InChI is InChI=1S/C7H6BrF4N3O/c8-3-1-4(13)15-6(14-3)16-2-7(11,12)5(9)10/h1,5H,2H2,(H2,13,14,15). The monoisotopic (exact) mass is 303 g/mol. The van der Waals surface area contributed by atoms with Gasteiger partial charge >= 0.3 is 18.4 Å². The number of aromatic nitrogens is 2. The highest BCUT2D eigenvalue weighted by molar-refractivity contribution is 9.10. The van der Waals surface area contributed by atoms with Crippen LogP contribution in [0.5, 0.6) is 6.01 Å². The van der Waals surface area contributed by atoms with E-state index in [0.717, 1.165) is 0 Å². The van der Waals surface area contributed by atoms with E-state index in [0.29, 0.717) is 0 Å². The van der Waals surface area contributed by atoms with E-state index < -0.39 is 25.0 Å². The van der Waals surface area contributed by atoms with Crippen molar-refractivity contribution in [1.82, 2.24) is 9.97 Å². The van der Waals surface area contributed by atoms with Crippen molar-refractivity contribution in [2.45, 2.75) is 12.3 Å². The summed E-state index contributed by atoms with van der Waals surface area (Å²) in [6.45, 7) is -1.51. The van der Waals surface area contributed by atoms with Crippen molar-refractivity contribution in [3.63, 3.8) is 0 Å². The quantitative estimate of drug-likeness (QED) is 0.683. The maximum atomic E-state index is 12.5. The Kier molecular flexibility index (Phi) is 3.89. The van der Waals surface area contributed by atoms with Gasteiger partial charge in [0.2, 0.25) is 0 Å². The normalized spacial score (nSPS) is 11.9. The summed E-state index contributed by atoms with van der Waals surface area (Å²) < 4.78 is 53.0. The molecule has 0 aliphatic heterocycles. The minimum Gasteiger partial charge on any atom is -0.457 e. The summed E-state index contributed by atoms with van der Waals surface area (Å²) in [5.74, 6) is -4.28. The molecule has 16 heavy (non-hydrogen) atoms. The van der Waals surface area contributed by atoms with E-state index in [9.17, 15) is 17.6 Å². The van der Waals surface area contributed by atoms with Gasteiger partial charge < -0.3 is 10.5 Å². The average Bonchev–Trinajstić information content (AvgIpc) is 2.13. The van der Waals surface area contributed by atoms with Crippen molar-refractivity contribution in [3.05, 3.63) is 10.7 Å². The Morgan fingerprint density at radius 2 is 2.06 bits per heavy atom. The summed E-state index contributed by atoms with van der Waals surface area (Å²) in [4.78, 5) is 6.95. The minimum absolute atomic E-state index is 0.0303. The Balaban J connectivity index is 2.68. The molecule has 0 radical (unpaired) electrons. The van der Waals surface area contributed by atoms with Gasteiger partial charge in [-0.25, -0.2) is 8.78 Å². The zero-order valence-electron chi connectivity index (χ0n) is 7.63. The van der Waals surface area contributed by atoms with Crippen LogP contribution in [-0.2, 0) is 0 Å². The van der Waals surface area contributed by atoms with E-state index in [2.05, 4.69) is 30.6 Å². The third-order valence-electron chi connectivity index (χ3n) is 1.41. The Labute approximate surface area is 95.9 Å². The molecule has 1 rings (SSSR count). The van der Waals surface area contributed by atoms with Gasteiger partial charge in [0, 0.05) is 6.07 Å². The number of nitrogens with zero attached hydrogens (tertiary/aromatic N) is 2. The van der Waals surface area contributed by atoms with Gasteiger partial charge in [0.25, 0.3) is 0 Å². The third kappa shape index (κ3) is 3.47. The average molecular weight is 304 g/mol. The fourth-order valence-electron chi connectivity index (χ4n) is 0.702. The number of rotatable bonds is 4. The Morgan fingerprint density at radius 1 is 1.44 bits per heavy atom. The number of hydrogen-bond donors (Lipinski definition) is 1. The maximum Gasteiger partial charge on any atom is 0.340 e. The van der Waals surface area contributed by atoms with Crippen LogP contribution in [0, 0.1) is 0 Å². The van der Waals surface area contributed by atoms with E-state index in [1.807, 2.05) is 0 Å². The molecule has 0 bridgehead atoms. The summed E-state index contributed by atoms with van der Waals surface area (Å²) in [6.07, 6.45) is -3.81. The first-order valence-electron chi connectivity index (χ1n) is 3.90. The van der Waals surface area contributed by atoms with Crippen molar-refractivity contribution in [2.24, 2.45) is 0 Å². The predicted molar refractivity (Wildman–Crippen MR) is 50.6 cm³/mol. The number of hydrogen-bond acceptors (Lipinski definition) is 4. The van der Waals surface area contributed by atoms with Crippen LogP contribution in [0.25, 0.3) is 0 Å². The molecule has 0 spiro atoms. The topological polar surface area (TPSA) is 61.0 Å². The lowest BCUT2D eigenvalue weighted by molar-refractivity contribution is -0.149. The van der Waals surface area contributed by atoms with Gasteiger partial charge in [-0.15, -0.1) is 0 Å². The van der Waals surface area contributed by atoms with Crippen LogP contribution in [0.1, 0.15) is 0 Å². The van der Waals surface area contributed by atoms with Crippen LogP contribution >= 0.6 is 15.9 Å². The van der Waals surface area contributed by atoms with Gasteiger partial charge in [-0.05, 0) is 15.9 Å². The number of ether oxygens (including phenoxy) is 1. The fourth-order valence-corrected chi connectivity index (χ4v) is 1.09. The smallest absolute Gasteiger partial charge is 0.340 e. The van der Waals surface area contributed by atoms with E-state index in [-0.39, 0.29) is 10.4 Å². The van der Waals surface area contributed by atoms with Crippen LogP contribution in [0.3, 0.4) is 0 Å². The molecule has 0 aliphatic carbocycles. The number of anilines is 1. The van der Waals surface area contributed by atoms with Crippen LogP contribution in [0.2, 0.25) is 0 Å². The van der Waals surface area contributed by atoms with E-state index >= 15 is 0 Å². The second-order valence-electron chi connectivity index (χ2n) is 2.75. The first kappa shape index (κ1) is 12.9. The van der Waals surface area contributed by atoms with Gasteiger partial charge in [0.1, 0.15) is 10.4 Å². The third-order valence-corrected chi connectivity index (χ3v) is 1.81. The Hall–Kier alpha value is -1.12. The second kappa shape index (κ2) is 4.81. The fraction of sp³-hybridized carbons (Fsp3) is 0.429. The minimum atomic E-state index is -4.25. The number of nitrogens with two attached hydrogens (primary N) is 1. The van der Waals surface area contributed by atoms with Crippen LogP contribution < -0.4 is 10.5 Å². The SMILES string of the molecule is Nc1cc(Br)nc(OCC(F)(F)C(F)F)n1. The molecule has 0 saturated carbocycles. The van der Waals surface area contributed by atoms with Gasteiger partial charge in [0.15, 0.2) is 6.61 Å². The number of alkyl halides is 4. The lowest BCUT2D eigenvalue weighted by atomic mass is 10.4. The molecule has 1 heterocycles. The van der Waals surface area contributed by atoms with E-state index in [4.69, 9.17) is 5.73 Å². The zero-order valence-corrected chi connectivity index (χ0v) is 9.22. The van der Waals surface area contributed by atoms with Crippen LogP contribution in [-0.4, -0.2) is 28.9 Å². The first-order valence-corrected chi connectivity index (χ1v) is 4.69. The van der Waals surface area contributed by atoms with Crippen molar-refractivity contribution >= 4 is 21.7 Å². The summed E-state index contributed by atoms with van der Waals surface area (Å²) in [5, 5.41) is 0. The molecule has 0 saturated heterocycles. The molecule has 90 valence electrons. The molecule has 1 aromatic heterocycles. The van der Waals surface area contributed by atoms with Gasteiger partial charge in [-0.3, -0.25) is 0 Å². The predicted octanol–water partition coefficient (Wildman–Crippen LogP) is 2.10. The molecule has 0 unspecified atom stereocenters. The molecule has 0 aromatic carbocycles. The van der Waals surface area contributed by atoms with Crippen molar-refractivity contribution < 1.29 is 22.3 Å². The largest absolute Gasteiger partial charge is 0.457 e. The maximum absolute atomic E-state index is 12.5. The highest BCUT2D eigenvalue weighted by Crippen LogP contribution is 2.24. The van der Waals surface area contributed by atoms with E-state index in [1.165, 1.54) is 6.07 Å². The highest BCUT2D eigenvalue weighted by atomic mass is 79.9. The summed E-state index contributed by atoms with van der Waals surface area (Å²) in [6, 6.07) is 0.810. The van der Waals surface area contributed by atoms with Crippen LogP contribution in [0.4, 0.5) is 23.4 Å². The lowest BCUT2D eigenvalue weighted by Crippen LogP contribution is -2.34. The highest BCUT2D eigenvalue weighted by Gasteiger charge is 2.42. The Morgan fingerprint density at radius 3 is 2.56 bits per heavy atom. The lowest BCUT2D eigenvalue weighted by Gasteiger charge is -2.14. The first-order chi connectivity index (χ1) is 7.31. The molecule has 4 nitrogen and oxygen atoms in total. The van der Waals surface area contributed by atoms with Crippen molar-refractivity contribution in [3.8, 4) is 6.01 Å². The molecule has 9 heteroatoms. The van der Waals surface area contributed by atoms with Crippen molar-refractivity contribution in [1.29, 1.82) is 0 Å².